The minimum absolute atomic E-state index is 0.0725. The van der Waals surface area contributed by atoms with Crippen molar-refractivity contribution in [1.29, 1.82) is 0 Å². The van der Waals surface area contributed by atoms with Crippen molar-refractivity contribution in [3.63, 3.8) is 0 Å². The molecule has 0 radical (unpaired) electrons. The molecular weight excluding hydrogens is 374 g/mol. The molecule has 5 nitrogen and oxygen atoms in total. The van der Waals surface area contributed by atoms with E-state index < -0.39 is 5.92 Å². The molecule has 1 saturated heterocycles. The van der Waals surface area contributed by atoms with Gasteiger partial charge in [-0.2, -0.15) is 0 Å². The van der Waals surface area contributed by atoms with E-state index in [0.717, 1.165) is 53.9 Å². The second-order valence-electron chi connectivity index (χ2n) is 8.70. The number of carbonyl (C=O) groups is 2. The third-order valence-electron chi connectivity index (χ3n) is 6.63. The van der Waals surface area contributed by atoms with Gasteiger partial charge in [0.1, 0.15) is 23.8 Å². The first-order chi connectivity index (χ1) is 14.4. The average molecular weight is 402 g/mol. The fourth-order valence-electron chi connectivity index (χ4n) is 5.20. The van der Waals surface area contributed by atoms with Gasteiger partial charge in [-0.25, -0.2) is 9.97 Å². The van der Waals surface area contributed by atoms with Gasteiger partial charge in [-0.15, -0.1) is 5.92 Å². The Morgan fingerprint density at radius 1 is 1.00 bits per heavy atom. The molecule has 4 rings (SSSR count). The zero-order valence-electron chi connectivity index (χ0n) is 17.9. The molecule has 5 heteroatoms. The number of hydrogen-bond donors (Lipinski definition) is 0. The van der Waals surface area contributed by atoms with Crippen molar-refractivity contribution in [2.24, 2.45) is 5.41 Å². The average Bonchev–Trinajstić information content (AvgIpc) is 2.71. The first kappa shape index (κ1) is 20.3. The molecule has 154 valence electrons. The molecule has 2 aliphatic rings. The van der Waals surface area contributed by atoms with E-state index in [1.54, 1.807) is 0 Å². The van der Waals surface area contributed by atoms with Crippen LogP contribution >= 0.6 is 0 Å². The standard InChI is InChI=1S/C25H27N3O2/c1-4-5-19-10-17(2)23(18(3)11-19)24-21(29)12-25(13-22(24)30)6-8-28(9-7-25)20-14-26-16-27-15-20/h10-11,14-16,24H,6-9,12-13H2,1-3H3. The zero-order chi connectivity index (χ0) is 21.3. The lowest BCUT2D eigenvalue weighted by molar-refractivity contribution is -0.137. The first-order valence-corrected chi connectivity index (χ1v) is 10.5. The van der Waals surface area contributed by atoms with Gasteiger partial charge in [0, 0.05) is 31.5 Å². The molecule has 0 unspecified atom stereocenters. The quantitative estimate of drug-likeness (QED) is 0.566. The molecule has 2 fully saturated rings. The highest BCUT2D eigenvalue weighted by Crippen LogP contribution is 2.47. The van der Waals surface area contributed by atoms with E-state index in [1.165, 1.54) is 6.33 Å². The van der Waals surface area contributed by atoms with E-state index in [1.807, 2.05) is 45.3 Å². The molecule has 2 heterocycles. The summed E-state index contributed by atoms with van der Waals surface area (Å²) in [6.45, 7) is 7.41. The highest BCUT2D eigenvalue weighted by Gasteiger charge is 2.47. The lowest BCUT2D eigenvalue weighted by Gasteiger charge is -2.45. The maximum absolute atomic E-state index is 13.3. The minimum Gasteiger partial charge on any atom is -0.369 e. The van der Waals surface area contributed by atoms with Gasteiger partial charge in [0.25, 0.3) is 0 Å². The minimum atomic E-state index is -0.625. The summed E-state index contributed by atoms with van der Waals surface area (Å²) in [5.74, 6) is 5.51. The molecule has 0 bridgehead atoms. The summed E-state index contributed by atoms with van der Waals surface area (Å²) in [7, 11) is 0. The van der Waals surface area contributed by atoms with Gasteiger partial charge in [0.2, 0.25) is 0 Å². The van der Waals surface area contributed by atoms with Crippen molar-refractivity contribution in [2.45, 2.75) is 52.4 Å². The van der Waals surface area contributed by atoms with Gasteiger partial charge in [-0.05, 0) is 67.9 Å². The first-order valence-electron chi connectivity index (χ1n) is 10.5. The molecule has 30 heavy (non-hydrogen) atoms. The van der Waals surface area contributed by atoms with Crippen LogP contribution < -0.4 is 4.90 Å². The van der Waals surface area contributed by atoms with Crippen LogP contribution in [0.4, 0.5) is 5.69 Å². The van der Waals surface area contributed by atoms with Gasteiger partial charge >= 0.3 is 0 Å². The molecule has 1 aliphatic heterocycles. The zero-order valence-corrected chi connectivity index (χ0v) is 17.9. The third-order valence-corrected chi connectivity index (χ3v) is 6.63. The summed E-state index contributed by atoms with van der Waals surface area (Å²) in [6, 6.07) is 3.98. The Morgan fingerprint density at radius 2 is 1.57 bits per heavy atom. The summed E-state index contributed by atoms with van der Waals surface area (Å²) in [4.78, 5) is 37.0. The number of benzene rings is 1. The van der Waals surface area contributed by atoms with Crippen molar-refractivity contribution in [2.75, 3.05) is 18.0 Å². The maximum atomic E-state index is 13.3. The summed E-state index contributed by atoms with van der Waals surface area (Å²) in [5.41, 5.74) is 4.58. The normalized spacial score (nSPS) is 19.0. The van der Waals surface area contributed by atoms with Crippen molar-refractivity contribution in [1.82, 2.24) is 9.97 Å². The molecule has 1 aromatic carbocycles. The molecule has 2 aromatic rings. The van der Waals surface area contributed by atoms with Crippen molar-refractivity contribution >= 4 is 17.3 Å². The highest BCUT2D eigenvalue weighted by atomic mass is 16.2. The van der Waals surface area contributed by atoms with E-state index in [2.05, 4.69) is 26.7 Å². The molecule has 1 saturated carbocycles. The Kier molecular flexibility index (Phi) is 5.42. The predicted octanol–water partition coefficient (Wildman–Crippen LogP) is 3.77. The highest BCUT2D eigenvalue weighted by molar-refractivity contribution is 6.10. The molecule has 1 spiro atoms. The second kappa shape index (κ2) is 8.02. The molecular formula is C25H27N3O2. The van der Waals surface area contributed by atoms with E-state index in [4.69, 9.17) is 0 Å². The fourth-order valence-corrected chi connectivity index (χ4v) is 5.20. The van der Waals surface area contributed by atoms with Crippen LogP contribution in [0, 0.1) is 31.1 Å². The smallest absolute Gasteiger partial charge is 0.148 e. The Balaban J connectivity index is 1.53. The molecule has 0 atom stereocenters. The largest absolute Gasteiger partial charge is 0.369 e. The van der Waals surface area contributed by atoms with Gasteiger partial charge in [-0.3, -0.25) is 9.59 Å². The van der Waals surface area contributed by atoms with Gasteiger partial charge in [0.05, 0.1) is 18.1 Å². The Bertz CT molecular complexity index is 998. The van der Waals surface area contributed by atoms with Crippen LogP contribution in [0.3, 0.4) is 0 Å². The number of anilines is 1. The van der Waals surface area contributed by atoms with E-state index in [0.29, 0.717) is 12.8 Å². The molecule has 0 N–H and O–H groups in total. The Morgan fingerprint density at radius 3 is 2.10 bits per heavy atom. The number of ketones is 2. The van der Waals surface area contributed by atoms with Crippen LogP contribution in [0.2, 0.25) is 0 Å². The number of Topliss-reactive ketones (excluding diaryl/α,β-unsaturated/α-hetero) is 2. The van der Waals surface area contributed by atoms with E-state index in [9.17, 15) is 9.59 Å². The monoisotopic (exact) mass is 401 g/mol. The Hall–Kier alpha value is -3.00. The van der Waals surface area contributed by atoms with Crippen LogP contribution in [-0.4, -0.2) is 34.6 Å². The number of carbonyl (C=O) groups excluding carboxylic acids is 2. The van der Waals surface area contributed by atoms with E-state index in [-0.39, 0.29) is 17.0 Å². The van der Waals surface area contributed by atoms with E-state index >= 15 is 0 Å². The lowest BCUT2D eigenvalue weighted by Crippen LogP contribution is -2.47. The van der Waals surface area contributed by atoms with Crippen LogP contribution in [0.25, 0.3) is 0 Å². The molecule has 1 aliphatic carbocycles. The number of nitrogens with zero attached hydrogens (tertiary/aromatic N) is 3. The van der Waals surface area contributed by atoms with Gasteiger partial charge in [0.15, 0.2) is 0 Å². The molecule has 0 amide bonds. The SMILES string of the molecule is CC#Cc1cc(C)c(C2C(=O)CC3(CCN(c4cncnc4)CC3)CC2=O)c(C)c1. The third kappa shape index (κ3) is 3.75. The number of rotatable bonds is 2. The number of piperidine rings is 1. The van der Waals surface area contributed by atoms with Crippen LogP contribution in [-0.2, 0) is 9.59 Å². The molecule has 1 aromatic heterocycles. The van der Waals surface area contributed by atoms with Crippen molar-refractivity contribution in [3.05, 3.63) is 53.1 Å². The second-order valence-corrected chi connectivity index (χ2v) is 8.70. The Labute approximate surface area is 177 Å². The van der Waals surface area contributed by atoms with Gasteiger partial charge in [-0.1, -0.05) is 5.92 Å². The fraction of sp³-hybridized carbons (Fsp3) is 0.440. The summed E-state index contributed by atoms with van der Waals surface area (Å²) in [6.07, 6.45) is 7.81. The van der Waals surface area contributed by atoms with Crippen molar-refractivity contribution in [3.8, 4) is 11.8 Å². The predicted molar refractivity (Wildman–Crippen MR) is 116 cm³/mol. The summed E-state index contributed by atoms with van der Waals surface area (Å²) < 4.78 is 0. The lowest BCUT2D eigenvalue weighted by atomic mass is 9.62. The van der Waals surface area contributed by atoms with Crippen LogP contribution in [0.5, 0.6) is 0 Å². The van der Waals surface area contributed by atoms with Crippen LogP contribution in [0.1, 0.15) is 60.8 Å². The number of aryl methyl sites for hydroxylation is 2. The topological polar surface area (TPSA) is 63.2 Å². The number of aromatic nitrogens is 2. The maximum Gasteiger partial charge on any atom is 0.148 e. The van der Waals surface area contributed by atoms with Crippen molar-refractivity contribution < 1.29 is 9.59 Å². The van der Waals surface area contributed by atoms with Crippen LogP contribution in [0.15, 0.2) is 30.9 Å². The summed E-state index contributed by atoms with van der Waals surface area (Å²) in [5, 5.41) is 0. The summed E-state index contributed by atoms with van der Waals surface area (Å²) >= 11 is 0. The van der Waals surface area contributed by atoms with Gasteiger partial charge < -0.3 is 4.90 Å². The number of hydrogen-bond acceptors (Lipinski definition) is 5.